The molecule has 0 aliphatic heterocycles. The molecule has 0 aliphatic rings. The number of hydrazone groups is 1. The van der Waals surface area contributed by atoms with Crippen molar-refractivity contribution in [2.45, 2.75) is 0 Å². The lowest BCUT2D eigenvalue weighted by atomic mass is 10.2. The number of hydrogen-bond acceptors (Lipinski definition) is 5. The van der Waals surface area contributed by atoms with E-state index < -0.39 is 0 Å². The molecule has 26 heavy (non-hydrogen) atoms. The molecule has 3 aromatic carbocycles. The Morgan fingerprint density at radius 2 is 1.65 bits per heavy atom. The summed E-state index contributed by atoms with van der Waals surface area (Å²) in [5.41, 5.74) is 3.88. The molecule has 4 rings (SSSR count). The Labute approximate surface area is 151 Å². The summed E-state index contributed by atoms with van der Waals surface area (Å²) in [4.78, 5) is 0. The fraction of sp³-hybridized carbons (Fsp3) is 0. The fourth-order valence-electron chi connectivity index (χ4n) is 2.56. The molecule has 0 saturated carbocycles. The molecule has 1 aromatic heterocycles. The average molecular weight is 340 g/mol. The van der Waals surface area contributed by atoms with Crippen molar-refractivity contribution in [3.8, 4) is 11.5 Å². The lowest BCUT2D eigenvalue weighted by Crippen LogP contribution is -1.96. The van der Waals surface area contributed by atoms with Crippen molar-refractivity contribution < 1.29 is 4.74 Å². The molecule has 1 heterocycles. The number of aromatic nitrogens is 2. The highest BCUT2D eigenvalue weighted by molar-refractivity contribution is 5.91. The van der Waals surface area contributed by atoms with Crippen LogP contribution in [-0.2, 0) is 0 Å². The van der Waals surface area contributed by atoms with E-state index in [0.717, 1.165) is 27.8 Å². The maximum absolute atomic E-state index is 5.84. The van der Waals surface area contributed by atoms with E-state index in [2.05, 4.69) is 20.7 Å². The van der Waals surface area contributed by atoms with Crippen LogP contribution in [0.4, 0.5) is 5.82 Å². The number of rotatable bonds is 5. The third-order valence-corrected chi connectivity index (χ3v) is 3.79. The first-order valence-corrected chi connectivity index (χ1v) is 8.21. The van der Waals surface area contributed by atoms with Gasteiger partial charge < -0.3 is 4.74 Å². The minimum Gasteiger partial charge on any atom is -0.457 e. The van der Waals surface area contributed by atoms with Gasteiger partial charge in [0.05, 0.1) is 12.4 Å². The number of nitrogens with zero attached hydrogens (tertiary/aromatic N) is 3. The molecular weight excluding hydrogens is 324 g/mol. The van der Waals surface area contributed by atoms with Crippen LogP contribution in [0.5, 0.6) is 11.5 Å². The number of benzene rings is 3. The summed E-state index contributed by atoms with van der Waals surface area (Å²) in [6.07, 6.45) is 3.45. The highest BCUT2D eigenvalue weighted by Gasteiger charge is 2.01. The van der Waals surface area contributed by atoms with Crippen LogP contribution in [-0.4, -0.2) is 16.4 Å². The predicted molar refractivity (Wildman–Crippen MR) is 104 cm³/mol. The molecule has 0 bridgehead atoms. The molecule has 126 valence electrons. The van der Waals surface area contributed by atoms with Gasteiger partial charge in [0.2, 0.25) is 0 Å². The van der Waals surface area contributed by atoms with Crippen LogP contribution in [0.15, 0.2) is 90.2 Å². The van der Waals surface area contributed by atoms with Crippen molar-refractivity contribution in [1.82, 2.24) is 10.2 Å². The zero-order valence-electron chi connectivity index (χ0n) is 13.9. The normalized spacial score (nSPS) is 10.9. The first-order valence-electron chi connectivity index (χ1n) is 8.21. The number of fused-ring (bicyclic) bond motifs is 1. The van der Waals surface area contributed by atoms with E-state index in [1.54, 1.807) is 12.4 Å². The van der Waals surface area contributed by atoms with Crippen molar-refractivity contribution >= 4 is 22.8 Å². The zero-order valence-corrected chi connectivity index (χ0v) is 13.9. The van der Waals surface area contributed by atoms with Gasteiger partial charge in [-0.3, -0.25) is 5.43 Å². The number of anilines is 1. The molecule has 0 saturated heterocycles. The van der Waals surface area contributed by atoms with E-state index in [-0.39, 0.29) is 0 Å². The molecule has 5 heteroatoms. The van der Waals surface area contributed by atoms with Crippen LogP contribution in [0.25, 0.3) is 10.8 Å². The van der Waals surface area contributed by atoms with Crippen LogP contribution in [0.2, 0.25) is 0 Å². The second-order valence-electron chi connectivity index (χ2n) is 5.64. The summed E-state index contributed by atoms with van der Waals surface area (Å²) in [7, 11) is 0. The van der Waals surface area contributed by atoms with Gasteiger partial charge in [-0.1, -0.05) is 54.6 Å². The maximum atomic E-state index is 5.84. The first-order chi connectivity index (χ1) is 12.9. The van der Waals surface area contributed by atoms with Crippen LogP contribution < -0.4 is 10.2 Å². The third kappa shape index (κ3) is 3.67. The van der Waals surface area contributed by atoms with E-state index in [0.29, 0.717) is 5.82 Å². The summed E-state index contributed by atoms with van der Waals surface area (Å²) >= 11 is 0. The Hall–Kier alpha value is -3.73. The molecule has 1 N–H and O–H groups in total. The monoisotopic (exact) mass is 340 g/mol. The summed E-state index contributed by atoms with van der Waals surface area (Å²) < 4.78 is 5.84. The van der Waals surface area contributed by atoms with Crippen LogP contribution in [0.3, 0.4) is 0 Å². The van der Waals surface area contributed by atoms with Gasteiger partial charge >= 0.3 is 0 Å². The minimum absolute atomic E-state index is 0.621. The largest absolute Gasteiger partial charge is 0.457 e. The Morgan fingerprint density at radius 1 is 0.846 bits per heavy atom. The summed E-state index contributed by atoms with van der Waals surface area (Å²) in [6, 6.07) is 25.3. The number of para-hydroxylation sites is 1. The molecule has 0 atom stereocenters. The molecule has 0 amide bonds. The topological polar surface area (TPSA) is 59.4 Å². The van der Waals surface area contributed by atoms with E-state index in [9.17, 15) is 0 Å². The van der Waals surface area contributed by atoms with Crippen molar-refractivity contribution in [3.63, 3.8) is 0 Å². The predicted octanol–water partition coefficient (Wildman–Crippen LogP) is 4.87. The van der Waals surface area contributed by atoms with Crippen molar-refractivity contribution in [3.05, 3.63) is 90.6 Å². The van der Waals surface area contributed by atoms with Gasteiger partial charge in [-0.25, -0.2) is 0 Å². The average Bonchev–Trinajstić information content (AvgIpc) is 2.69. The van der Waals surface area contributed by atoms with Crippen LogP contribution in [0.1, 0.15) is 5.56 Å². The minimum atomic E-state index is 0.621. The van der Waals surface area contributed by atoms with Gasteiger partial charge in [-0.15, -0.1) is 5.10 Å². The Bertz CT molecular complexity index is 1040. The van der Waals surface area contributed by atoms with Gasteiger partial charge in [-0.2, -0.15) is 10.2 Å². The smallest absolute Gasteiger partial charge is 0.176 e. The summed E-state index contributed by atoms with van der Waals surface area (Å²) in [6.45, 7) is 0. The fourth-order valence-corrected chi connectivity index (χ4v) is 2.56. The Balaban J connectivity index is 1.49. The van der Waals surface area contributed by atoms with Crippen LogP contribution >= 0.6 is 0 Å². The molecular formula is C21H16N4O. The maximum Gasteiger partial charge on any atom is 0.176 e. The lowest BCUT2D eigenvalue weighted by molar-refractivity contribution is 0.482. The number of ether oxygens (including phenoxy) is 1. The third-order valence-electron chi connectivity index (χ3n) is 3.79. The van der Waals surface area contributed by atoms with E-state index in [1.807, 2.05) is 78.9 Å². The Morgan fingerprint density at radius 3 is 2.58 bits per heavy atom. The second kappa shape index (κ2) is 7.44. The molecule has 4 aromatic rings. The van der Waals surface area contributed by atoms with E-state index >= 15 is 0 Å². The summed E-state index contributed by atoms with van der Waals surface area (Å²) in [5, 5.41) is 14.4. The second-order valence-corrected chi connectivity index (χ2v) is 5.64. The summed E-state index contributed by atoms with van der Waals surface area (Å²) in [5.74, 6) is 2.17. The molecule has 0 radical (unpaired) electrons. The van der Waals surface area contributed by atoms with Crippen molar-refractivity contribution in [1.29, 1.82) is 0 Å². The first kappa shape index (κ1) is 15.8. The Kier molecular flexibility index (Phi) is 4.52. The van der Waals surface area contributed by atoms with Crippen molar-refractivity contribution in [2.24, 2.45) is 5.10 Å². The van der Waals surface area contributed by atoms with Gasteiger partial charge in [0.15, 0.2) is 5.82 Å². The lowest BCUT2D eigenvalue weighted by Gasteiger charge is -2.06. The van der Waals surface area contributed by atoms with Crippen molar-refractivity contribution in [2.75, 3.05) is 5.43 Å². The highest BCUT2D eigenvalue weighted by atomic mass is 16.5. The van der Waals surface area contributed by atoms with Gasteiger partial charge in [0.1, 0.15) is 11.5 Å². The van der Waals surface area contributed by atoms with E-state index in [4.69, 9.17) is 4.74 Å². The molecule has 5 nitrogen and oxygen atoms in total. The van der Waals surface area contributed by atoms with Crippen LogP contribution in [0, 0.1) is 0 Å². The SMILES string of the molecule is C(=N/Nc1nncc2ccccc12)/c1cccc(Oc2ccccc2)c1. The number of hydrogen-bond donors (Lipinski definition) is 1. The molecule has 0 aliphatic carbocycles. The zero-order chi connectivity index (χ0) is 17.6. The van der Waals surface area contributed by atoms with Gasteiger partial charge in [0.25, 0.3) is 0 Å². The van der Waals surface area contributed by atoms with E-state index in [1.165, 1.54) is 0 Å². The molecule has 0 unspecified atom stereocenters. The quantitative estimate of drug-likeness (QED) is 0.416. The van der Waals surface area contributed by atoms with Gasteiger partial charge in [-0.05, 0) is 29.8 Å². The standard InChI is InChI=1S/C21H16N4O/c1-2-9-18(10-3-1)26-19-11-6-7-16(13-19)14-22-24-21-20-12-5-4-8-17(20)15-23-25-21/h1-15H,(H,24,25)/b22-14-. The molecule has 0 spiro atoms. The highest BCUT2D eigenvalue weighted by Crippen LogP contribution is 2.22. The van der Waals surface area contributed by atoms with Gasteiger partial charge in [0, 0.05) is 10.8 Å². The number of nitrogens with one attached hydrogen (secondary N) is 1. The molecule has 0 fully saturated rings.